The molecule has 6 nitrogen and oxygen atoms in total. The fraction of sp³-hybridized carbons (Fsp3) is 0.353. The van der Waals surface area contributed by atoms with Crippen LogP contribution in [0.25, 0.3) is 0 Å². The molecule has 0 radical (unpaired) electrons. The number of carbonyl (C=O) groups is 2. The van der Waals surface area contributed by atoms with Crippen molar-refractivity contribution >= 4 is 57.2 Å². The van der Waals surface area contributed by atoms with Crippen LogP contribution in [-0.2, 0) is 9.53 Å². The van der Waals surface area contributed by atoms with Crippen molar-refractivity contribution in [3.05, 3.63) is 39.3 Å². The number of halogens is 2. The highest BCUT2D eigenvalue weighted by molar-refractivity contribution is 7.13. The molecule has 140 valence electrons. The van der Waals surface area contributed by atoms with Crippen LogP contribution < -0.4 is 10.6 Å². The second-order valence-corrected chi connectivity index (χ2v) is 7.57. The van der Waals surface area contributed by atoms with Crippen molar-refractivity contribution in [1.82, 2.24) is 4.98 Å². The Balaban J connectivity index is 1.79. The highest BCUT2D eigenvalue weighted by Crippen LogP contribution is 2.25. The molecule has 1 amide bonds. The second-order valence-electron chi connectivity index (χ2n) is 5.90. The van der Waals surface area contributed by atoms with Crippen molar-refractivity contribution in [2.45, 2.75) is 20.3 Å². The van der Waals surface area contributed by atoms with Gasteiger partial charge in [-0.3, -0.25) is 4.79 Å². The number of hydrogen-bond donors (Lipinski definition) is 2. The molecule has 0 spiro atoms. The van der Waals surface area contributed by atoms with Crippen LogP contribution in [0, 0.1) is 5.92 Å². The molecular formula is C17H19Cl2N3O3S. The number of ether oxygens (including phenoxy) is 1. The average Bonchev–Trinajstić information content (AvgIpc) is 3.05. The van der Waals surface area contributed by atoms with E-state index in [1.807, 2.05) is 0 Å². The number of esters is 1. The number of carbonyl (C=O) groups excluding carboxylic acids is 2. The zero-order chi connectivity index (χ0) is 19.1. The number of nitrogens with zero attached hydrogens (tertiary/aromatic N) is 1. The van der Waals surface area contributed by atoms with Crippen molar-refractivity contribution < 1.29 is 14.3 Å². The summed E-state index contributed by atoms with van der Waals surface area (Å²) < 4.78 is 4.98. The molecule has 0 aliphatic carbocycles. The number of thiazole rings is 1. The first-order chi connectivity index (χ1) is 12.3. The third-order valence-corrected chi connectivity index (χ3v) is 4.79. The van der Waals surface area contributed by atoms with Crippen LogP contribution in [0.5, 0.6) is 0 Å². The molecule has 26 heavy (non-hydrogen) atoms. The molecule has 0 aliphatic rings. The largest absolute Gasteiger partial charge is 0.451 e. The van der Waals surface area contributed by atoms with E-state index in [0.29, 0.717) is 26.8 Å². The highest BCUT2D eigenvalue weighted by atomic mass is 35.5. The fourth-order valence-corrected chi connectivity index (χ4v) is 2.90. The summed E-state index contributed by atoms with van der Waals surface area (Å²) in [6, 6.07) is 4.68. The summed E-state index contributed by atoms with van der Waals surface area (Å²) in [6.07, 6.45) is 1.01. The van der Waals surface area contributed by atoms with E-state index in [0.717, 1.165) is 13.0 Å². The van der Waals surface area contributed by atoms with E-state index < -0.39 is 18.5 Å². The van der Waals surface area contributed by atoms with E-state index in [4.69, 9.17) is 27.9 Å². The predicted octanol–water partition coefficient (Wildman–Crippen LogP) is 4.70. The maximum absolute atomic E-state index is 12.0. The molecule has 0 aliphatic heterocycles. The zero-order valence-electron chi connectivity index (χ0n) is 14.3. The van der Waals surface area contributed by atoms with Crippen molar-refractivity contribution in [3.8, 4) is 0 Å². The fourth-order valence-electron chi connectivity index (χ4n) is 1.89. The lowest BCUT2D eigenvalue weighted by Gasteiger charge is -2.07. The molecule has 2 N–H and O–H groups in total. The Kier molecular flexibility index (Phi) is 7.68. The average molecular weight is 416 g/mol. The summed E-state index contributed by atoms with van der Waals surface area (Å²) in [5, 5.41) is 8.68. The lowest BCUT2D eigenvalue weighted by molar-refractivity contribution is -0.119. The Morgan fingerprint density at radius 3 is 2.73 bits per heavy atom. The number of aromatic nitrogens is 1. The minimum absolute atomic E-state index is 0.171. The van der Waals surface area contributed by atoms with Gasteiger partial charge in [0.2, 0.25) is 0 Å². The van der Waals surface area contributed by atoms with Crippen molar-refractivity contribution in [3.63, 3.8) is 0 Å². The number of nitrogens with one attached hydrogen (secondary N) is 2. The van der Waals surface area contributed by atoms with Crippen LogP contribution in [0.4, 0.5) is 10.8 Å². The minimum atomic E-state index is -0.651. The topological polar surface area (TPSA) is 80.3 Å². The van der Waals surface area contributed by atoms with Crippen LogP contribution in [0.15, 0.2) is 23.6 Å². The molecule has 2 aromatic rings. The van der Waals surface area contributed by atoms with Gasteiger partial charge in [0.15, 0.2) is 17.4 Å². The van der Waals surface area contributed by atoms with Gasteiger partial charge in [0, 0.05) is 17.6 Å². The van der Waals surface area contributed by atoms with Gasteiger partial charge < -0.3 is 15.4 Å². The third kappa shape index (κ3) is 6.48. The smallest absolute Gasteiger partial charge is 0.358 e. The van der Waals surface area contributed by atoms with E-state index in [2.05, 4.69) is 29.5 Å². The van der Waals surface area contributed by atoms with Gasteiger partial charge in [-0.25, -0.2) is 9.78 Å². The first kappa shape index (κ1) is 20.5. The van der Waals surface area contributed by atoms with E-state index in [1.54, 1.807) is 17.5 Å². The molecule has 0 fully saturated rings. The molecule has 2 rings (SSSR count). The normalized spacial score (nSPS) is 10.7. The Morgan fingerprint density at radius 2 is 2.04 bits per heavy atom. The summed E-state index contributed by atoms with van der Waals surface area (Å²) in [7, 11) is 0. The lowest BCUT2D eigenvalue weighted by atomic mass is 10.1. The monoisotopic (exact) mass is 415 g/mol. The van der Waals surface area contributed by atoms with Crippen molar-refractivity contribution in [2.75, 3.05) is 23.8 Å². The number of anilines is 2. The first-order valence-corrected chi connectivity index (χ1v) is 9.60. The number of benzene rings is 1. The molecule has 1 heterocycles. The minimum Gasteiger partial charge on any atom is -0.451 e. The summed E-state index contributed by atoms with van der Waals surface area (Å²) in [5.41, 5.74) is 0.634. The Bertz CT molecular complexity index is 780. The van der Waals surface area contributed by atoms with E-state index in [9.17, 15) is 9.59 Å². The van der Waals surface area contributed by atoms with Gasteiger partial charge in [0.1, 0.15) is 0 Å². The number of amides is 1. The molecule has 0 unspecified atom stereocenters. The molecule has 0 saturated carbocycles. The van der Waals surface area contributed by atoms with Crippen molar-refractivity contribution in [2.24, 2.45) is 5.92 Å². The van der Waals surface area contributed by atoms with E-state index in [1.165, 1.54) is 17.4 Å². The van der Waals surface area contributed by atoms with Gasteiger partial charge in [-0.15, -0.1) is 11.3 Å². The van der Waals surface area contributed by atoms with E-state index in [-0.39, 0.29) is 5.69 Å². The maximum atomic E-state index is 12.0. The molecular weight excluding hydrogens is 397 g/mol. The van der Waals surface area contributed by atoms with Gasteiger partial charge in [-0.2, -0.15) is 0 Å². The van der Waals surface area contributed by atoms with Crippen LogP contribution >= 0.6 is 34.5 Å². The van der Waals surface area contributed by atoms with Crippen molar-refractivity contribution in [1.29, 1.82) is 0 Å². The first-order valence-electron chi connectivity index (χ1n) is 7.96. The molecule has 1 aromatic carbocycles. The van der Waals surface area contributed by atoms with Crippen LogP contribution in [0.3, 0.4) is 0 Å². The van der Waals surface area contributed by atoms with Gasteiger partial charge in [-0.1, -0.05) is 37.0 Å². The Hall–Kier alpha value is -1.83. The number of hydrogen-bond acceptors (Lipinski definition) is 6. The zero-order valence-corrected chi connectivity index (χ0v) is 16.7. The summed E-state index contributed by atoms with van der Waals surface area (Å²) in [4.78, 5) is 28.0. The SMILES string of the molecule is CC(C)CCNc1nc(C(=O)OCC(=O)Nc2ccc(Cl)c(Cl)c2)cs1. The predicted molar refractivity (Wildman–Crippen MR) is 105 cm³/mol. The van der Waals surface area contributed by atoms with Crippen LogP contribution in [0.2, 0.25) is 10.0 Å². The Labute approximate surface area is 165 Å². The number of rotatable bonds is 8. The quantitative estimate of drug-likeness (QED) is 0.610. The Morgan fingerprint density at radius 1 is 1.27 bits per heavy atom. The van der Waals surface area contributed by atoms with Crippen LogP contribution in [-0.4, -0.2) is 30.0 Å². The highest BCUT2D eigenvalue weighted by Gasteiger charge is 2.14. The standard InChI is InChI=1S/C17H19Cl2N3O3S/c1-10(2)5-6-20-17-22-14(9-26-17)16(24)25-8-15(23)21-11-3-4-12(18)13(19)7-11/h3-4,7,9-10H,5-6,8H2,1-2H3,(H,20,22)(H,21,23). The van der Waals surface area contributed by atoms with Gasteiger partial charge in [0.25, 0.3) is 5.91 Å². The molecule has 0 atom stereocenters. The molecule has 0 bridgehead atoms. The van der Waals surface area contributed by atoms with Crippen LogP contribution in [0.1, 0.15) is 30.8 Å². The van der Waals surface area contributed by atoms with E-state index >= 15 is 0 Å². The van der Waals surface area contributed by atoms with Gasteiger partial charge in [0.05, 0.1) is 10.0 Å². The van der Waals surface area contributed by atoms with Gasteiger partial charge in [-0.05, 0) is 30.5 Å². The second kappa shape index (κ2) is 9.75. The summed E-state index contributed by atoms with van der Waals surface area (Å²) in [5.74, 6) is -0.550. The lowest BCUT2D eigenvalue weighted by Crippen LogP contribution is -2.21. The maximum Gasteiger partial charge on any atom is 0.358 e. The third-order valence-electron chi connectivity index (χ3n) is 3.25. The van der Waals surface area contributed by atoms with Gasteiger partial charge >= 0.3 is 5.97 Å². The molecule has 1 aromatic heterocycles. The molecule has 0 saturated heterocycles. The molecule has 9 heteroatoms. The summed E-state index contributed by atoms with van der Waals surface area (Å²) >= 11 is 13.0. The summed E-state index contributed by atoms with van der Waals surface area (Å²) in [6.45, 7) is 4.63.